The Labute approximate surface area is 174 Å². The van der Waals surface area contributed by atoms with E-state index in [-0.39, 0.29) is 12.4 Å². The molecule has 0 amide bonds. The molecule has 1 aliphatic heterocycles. The van der Waals surface area contributed by atoms with Gasteiger partial charge in [0.05, 0.1) is 31.3 Å². The van der Waals surface area contributed by atoms with E-state index in [2.05, 4.69) is 0 Å². The number of fused-ring (bicyclic) bond motifs is 1. The molecule has 6 N–H and O–H groups in total. The molecule has 9 heteroatoms. The minimum Gasteiger partial charge on any atom is -0.395 e. The van der Waals surface area contributed by atoms with Crippen molar-refractivity contribution >= 4 is 5.78 Å². The fraction of sp³-hybridized carbons (Fsp3) is 0.667. The van der Waals surface area contributed by atoms with E-state index in [0.29, 0.717) is 23.1 Å². The second-order valence-corrected chi connectivity index (χ2v) is 8.39. The van der Waals surface area contributed by atoms with Gasteiger partial charge in [-0.3, -0.25) is 4.79 Å². The van der Waals surface area contributed by atoms with Crippen molar-refractivity contribution in [2.75, 3.05) is 19.8 Å². The molecule has 1 aromatic rings. The Morgan fingerprint density at radius 1 is 1.10 bits per heavy atom. The van der Waals surface area contributed by atoms with E-state index >= 15 is 0 Å². The highest BCUT2D eigenvalue weighted by Crippen LogP contribution is 2.47. The zero-order chi connectivity index (χ0) is 22.4. The highest BCUT2D eigenvalue weighted by Gasteiger charge is 2.50. The van der Waals surface area contributed by atoms with E-state index in [1.54, 1.807) is 13.0 Å². The lowest BCUT2D eigenvalue weighted by Crippen LogP contribution is -2.59. The normalized spacial score (nSPS) is 36.2. The number of carbonyl (C=O) groups is 1. The van der Waals surface area contributed by atoms with Crippen molar-refractivity contribution < 1.29 is 44.9 Å². The minimum absolute atomic E-state index is 0.0805. The number of aryl methyl sites for hydroxylation is 1. The molecule has 0 spiro atoms. The van der Waals surface area contributed by atoms with Crippen LogP contribution < -0.4 is 0 Å². The molecule has 9 nitrogen and oxygen atoms in total. The Hall–Kier alpha value is -1.43. The number of ketones is 1. The van der Waals surface area contributed by atoms with E-state index in [1.807, 2.05) is 6.92 Å². The van der Waals surface area contributed by atoms with Crippen LogP contribution >= 0.6 is 0 Å². The Morgan fingerprint density at radius 2 is 1.77 bits per heavy atom. The first-order valence-electron chi connectivity index (χ1n) is 9.97. The average molecular weight is 426 g/mol. The zero-order valence-electron chi connectivity index (χ0n) is 17.3. The molecule has 0 radical (unpaired) electrons. The first kappa shape index (κ1) is 23.2. The summed E-state index contributed by atoms with van der Waals surface area (Å²) in [6, 6.07) is 1.75. The van der Waals surface area contributed by atoms with Crippen LogP contribution in [0.2, 0.25) is 0 Å². The number of hydrogen-bond donors (Lipinski definition) is 6. The molecule has 7 atom stereocenters. The lowest BCUT2D eigenvalue weighted by Gasteiger charge is -2.39. The zero-order valence-corrected chi connectivity index (χ0v) is 17.3. The van der Waals surface area contributed by atoms with E-state index in [0.717, 1.165) is 11.1 Å². The maximum absolute atomic E-state index is 12.9. The summed E-state index contributed by atoms with van der Waals surface area (Å²) in [5, 5.41) is 59.2. The Morgan fingerprint density at radius 3 is 2.37 bits per heavy atom. The monoisotopic (exact) mass is 426 g/mol. The van der Waals surface area contributed by atoms with Gasteiger partial charge < -0.3 is 40.1 Å². The van der Waals surface area contributed by atoms with Gasteiger partial charge in [0, 0.05) is 5.56 Å². The van der Waals surface area contributed by atoms with Crippen molar-refractivity contribution in [3.8, 4) is 0 Å². The van der Waals surface area contributed by atoms with Crippen molar-refractivity contribution in [2.24, 2.45) is 5.41 Å². The molecule has 1 fully saturated rings. The largest absolute Gasteiger partial charge is 0.395 e. The van der Waals surface area contributed by atoms with Gasteiger partial charge in [0.15, 0.2) is 12.1 Å². The maximum atomic E-state index is 12.9. The third-order valence-corrected chi connectivity index (χ3v) is 6.42. The standard InChI is InChI=1S/C21H30O9/c1-9-6-12-14(19(28)21(3,8-23)18(12)27)10(2)11(9)4-5-29-20-17(26)16(25)15(24)13(7-22)30-20/h6,13,15-18,20,22-27H,4-5,7-8H2,1-3H3/t13-,15+,16+,17+,18+,20-,21+/m1/s1. The molecule has 3 rings (SSSR count). The summed E-state index contributed by atoms with van der Waals surface area (Å²) < 4.78 is 10.9. The maximum Gasteiger partial charge on any atom is 0.186 e. The predicted octanol–water partition coefficient (Wildman–Crippen LogP) is -1.11. The molecule has 0 unspecified atom stereocenters. The number of ether oxygens (including phenoxy) is 2. The molecule has 0 aromatic heterocycles. The van der Waals surface area contributed by atoms with Crippen LogP contribution in [0.25, 0.3) is 0 Å². The number of hydrogen-bond acceptors (Lipinski definition) is 9. The Bertz CT molecular complexity index is 808. The van der Waals surface area contributed by atoms with E-state index in [4.69, 9.17) is 9.47 Å². The van der Waals surface area contributed by atoms with Crippen molar-refractivity contribution in [3.63, 3.8) is 0 Å². The van der Waals surface area contributed by atoms with Gasteiger partial charge >= 0.3 is 0 Å². The summed E-state index contributed by atoms with van der Waals surface area (Å²) in [5.41, 5.74) is 2.02. The van der Waals surface area contributed by atoms with Crippen LogP contribution in [0.1, 0.15) is 45.6 Å². The number of aliphatic hydroxyl groups is 6. The number of aliphatic hydroxyl groups excluding tert-OH is 6. The second kappa shape index (κ2) is 8.60. The average Bonchev–Trinajstić information content (AvgIpc) is 2.91. The summed E-state index contributed by atoms with van der Waals surface area (Å²) in [6.07, 6.45) is -7.44. The third-order valence-electron chi connectivity index (χ3n) is 6.42. The molecular formula is C21H30O9. The summed E-state index contributed by atoms with van der Waals surface area (Å²) in [6.45, 7) is 4.25. The van der Waals surface area contributed by atoms with Crippen molar-refractivity contribution in [2.45, 2.75) is 64.0 Å². The fourth-order valence-electron chi connectivity index (χ4n) is 4.35. The lowest BCUT2D eigenvalue weighted by atomic mass is 9.84. The van der Waals surface area contributed by atoms with Crippen molar-refractivity contribution in [1.82, 2.24) is 0 Å². The topological polar surface area (TPSA) is 157 Å². The van der Waals surface area contributed by atoms with Crippen molar-refractivity contribution in [3.05, 3.63) is 33.9 Å². The minimum atomic E-state index is -1.51. The molecule has 1 saturated heterocycles. The molecule has 1 aliphatic carbocycles. The highest BCUT2D eigenvalue weighted by atomic mass is 16.7. The van der Waals surface area contributed by atoms with Gasteiger partial charge in [-0.05, 0) is 49.4 Å². The smallest absolute Gasteiger partial charge is 0.186 e. The number of carbonyl (C=O) groups excluding carboxylic acids is 1. The predicted molar refractivity (Wildman–Crippen MR) is 104 cm³/mol. The number of rotatable bonds is 6. The van der Waals surface area contributed by atoms with Gasteiger partial charge in [-0.15, -0.1) is 0 Å². The van der Waals surface area contributed by atoms with Gasteiger partial charge in [-0.25, -0.2) is 0 Å². The van der Waals surface area contributed by atoms with Gasteiger partial charge in [-0.1, -0.05) is 6.07 Å². The highest BCUT2D eigenvalue weighted by molar-refractivity contribution is 6.07. The first-order chi connectivity index (χ1) is 14.1. The van der Waals surface area contributed by atoms with Crippen LogP contribution in [0.4, 0.5) is 0 Å². The van der Waals surface area contributed by atoms with Crippen LogP contribution in [-0.4, -0.2) is 86.9 Å². The number of benzene rings is 1. The lowest BCUT2D eigenvalue weighted by molar-refractivity contribution is -0.300. The summed E-state index contributed by atoms with van der Waals surface area (Å²) in [5.74, 6) is -0.305. The van der Waals surface area contributed by atoms with Crippen LogP contribution in [0.5, 0.6) is 0 Å². The van der Waals surface area contributed by atoms with E-state index < -0.39 is 55.4 Å². The Balaban J connectivity index is 1.76. The summed E-state index contributed by atoms with van der Waals surface area (Å²) >= 11 is 0. The molecule has 1 heterocycles. The first-order valence-corrected chi connectivity index (χ1v) is 9.97. The summed E-state index contributed by atoms with van der Waals surface area (Å²) in [7, 11) is 0. The molecule has 1 aromatic carbocycles. The van der Waals surface area contributed by atoms with Crippen LogP contribution in [0, 0.1) is 19.3 Å². The van der Waals surface area contributed by atoms with Crippen LogP contribution in [0.15, 0.2) is 6.07 Å². The molecular weight excluding hydrogens is 396 g/mol. The van der Waals surface area contributed by atoms with Gasteiger partial charge in [-0.2, -0.15) is 0 Å². The van der Waals surface area contributed by atoms with Crippen LogP contribution in [-0.2, 0) is 15.9 Å². The Kier molecular flexibility index (Phi) is 6.66. The summed E-state index contributed by atoms with van der Waals surface area (Å²) in [4.78, 5) is 12.9. The quantitative estimate of drug-likeness (QED) is 0.332. The van der Waals surface area contributed by atoms with Crippen molar-refractivity contribution in [1.29, 1.82) is 0 Å². The van der Waals surface area contributed by atoms with E-state index in [9.17, 15) is 35.4 Å². The SMILES string of the molecule is Cc1cc2c(c(C)c1CCO[C@@H]1O[C@H](CO)[C@H](O)[C@H](O)[C@@H]1O)C(=O)[C@@](C)(CO)[C@H]2O. The van der Waals surface area contributed by atoms with E-state index in [1.165, 1.54) is 6.92 Å². The molecule has 0 bridgehead atoms. The number of Topliss-reactive ketones (excluding diaryl/α,β-unsaturated/α-hetero) is 1. The van der Waals surface area contributed by atoms with Gasteiger partial charge in [0.2, 0.25) is 0 Å². The molecule has 168 valence electrons. The molecule has 2 aliphatic rings. The van der Waals surface area contributed by atoms with Gasteiger partial charge in [0.25, 0.3) is 0 Å². The third kappa shape index (κ3) is 3.59. The molecule has 30 heavy (non-hydrogen) atoms. The molecule has 0 saturated carbocycles. The fourth-order valence-corrected chi connectivity index (χ4v) is 4.35. The van der Waals surface area contributed by atoms with Crippen LogP contribution in [0.3, 0.4) is 0 Å². The van der Waals surface area contributed by atoms with Gasteiger partial charge in [0.1, 0.15) is 24.4 Å². The second-order valence-electron chi connectivity index (χ2n) is 8.39.